The van der Waals surface area contributed by atoms with E-state index in [4.69, 9.17) is 9.02 Å². The monoisotopic (exact) mass is 419 g/mol. The van der Waals surface area contributed by atoms with E-state index in [2.05, 4.69) is 0 Å². The number of amides is 1. The average molecular weight is 420 g/mol. The SMILES string of the molecule is Cc1ccc(S(=O)(=O)ON(C(=O)OC(C)(C)C)[C@@H](C)CCc2ccccc2)cc1. The van der Waals surface area contributed by atoms with Gasteiger partial charge < -0.3 is 4.74 Å². The van der Waals surface area contributed by atoms with Gasteiger partial charge in [0, 0.05) is 0 Å². The summed E-state index contributed by atoms with van der Waals surface area (Å²) in [5.41, 5.74) is 1.22. The van der Waals surface area contributed by atoms with E-state index < -0.39 is 27.9 Å². The van der Waals surface area contributed by atoms with Crippen LogP contribution in [-0.2, 0) is 25.6 Å². The van der Waals surface area contributed by atoms with Gasteiger partial charge in [0.25, 0.3) is 0 Å². The maximum Gasteiger partial charge on any atom is 0.435 e. The highest BCUT2D eigenvalue weighted by atomic mass is 32.2. The van der Waals surface area contributed by atoms with Gasteiger partial charge in [-0.3, -0.25) is 0 Å². The largest absolute Gasteiger partial charge is 0.442 e. The van der Waals surface area contributed by atoms with Crippen LogP contribution in [0.4, 0.5) is 4.79 Å². The summed E-state index contributed by atoms with van der Waals surface area (Å²) in [5.74, 6) is 0. The first-order chi connectivity index (χ1) is 13.5. The van der Waals surface area contributed by atoms with E-state index in [1.165, 1.54) is 12.1 Å². The first-order valence-corrected chi connectivity index (χ1v) is 11.0. The summed E-state index contributed by atoms with van der Waals surface area (Å²) in [6.07, 6.45) is 0.329. The lowest BCUT2D eigenvalue weighted by Gasteiger charge is -2.30. The van der Waals surface area contributed by atoms with Crippen LogP contribution in [0.3, 0.4) is 0 Å². The molecule has 0 spiro atoms. The quantitative estimate of drug-likeness (QED) is 0.599. The standard InChI is InChI=1S/C22H29NO5S/c1-17-11-15-20(16-12-17)29(25,26)28-23(21(24)27-22(3,4)5)18(2)13-14-19-9-7-6-8-10-19/h6-12,15-16,18H,13-14H2,1-5H3/t18-/m0/s1. The van der Waals surface area contributed by atoms with Gasteiger partial charge in [-0.15, -0.1) is 4.28 Å². The van der Waals surface area contributed by atoms with Gasteiger partial charge in [0.1, 0.15) is 5.60 Å². The molecule has 0 heterocycles. The van der Waals surface area contributed by atoms with Crippen molar-refractivity contribution >= 4 is 16.2 Å². The third kappa shape index (κ3) is 7.18. The Labute approximate surface area is 173 Å². The van der Waals surface area contributed by atoms with Crippen LogP contribution in [0.5, 0.6) is 0 Å². The molecule has 1 amide bonds. The second-order valence-corrected chi connectivity index (χ2v) is 9.55. The van der Waals surface area contributed by atoms with Crippen LogP contribution in [0.15, 0.2) is 59.5 Å². The van der Waals surface area contributed by atoms with Crippen molar-refractivity contribution in [2.75, 3.05) is 0 Å². The number of aryl methyl sites for hydroxylation is 2. The molecular formula is C22H29NO5S. The first-order valence-electron chi connectivity index (χ1n) is 9.55. The molecule has 0 saturated carbocycles. The minimum absolute atomic E-state index is 0.0214. The second kappa shape index (κ2) is 9.41. The fourth-order valence-electron chi connectivity index (χ4n) is 2.58. The van der Waals surface area contributed by atoms with Gasteiger partial charge in [0.05, 0.1) is 10.9 Å². The molecule has 158 valence electrons. The Hall–Kier alpha value is -2.38. The first kappa shape index (κ1) is 22.9. The van der Waals surface area contributed by atoms with Gasteiger partial charge in [0.15, 0.2) is 0 Å². The predicted octanol–water partition coefficient (Wildman–Crippen LogP) is 4.87. The highest BCUT2D eigenvalue weighted by Crippen LogP contribution is 2.21. The summed E-state index contributed by atoms with van der Waals surface area (Å²) in [5, 5.41) is 0.823. The van der Waals surface area contributed by atoms with Gasteiger partial charge in [-0.1, -0.05) is 48.0 Å². The molecule has 2 aromatic rings. The highest BCUT2D eigenvalue weighted by Gasteiger charge is 2.32. The van der Waals surface area contributed by atoms with Gasteiger partial charge >= 0.3 is 16.2 Å². The number of ether oxygens (including phenoxy) is 1. The molecular weight excluding hydrogens is 390 g/mol. The molecule has 0 aromatic heterocycles. The Morgan fingerprint density at radius 2 is 1.62 bits per heavy atom. The van der Waals surface area contributed by atoms with Crippen molar-refractivity contribution in [1.29, 1.82) is 0 Å². The van der Waals surface area contributed by atoms with Gasteiger partial charge in [0.2, 0.25) is 0 Å². The number of carbonyl (C=O) groups excluding carboxylic acids is 1. The molecule has 0 aliphatic heterocycles. The number of carbonyl (C=O) groups is 1. The Morgan fingerprint density at radius 1 is 1.03 bits per heavy atom. The zero-order valence-electron chi connectivity index (χ0n) is 17.6. The van der Waals surface area contributed by atoms with E-state index in [9.17, 15) is 13.2 Å². The van der Waals surface area contributed by atoms with Crippen LogP contribution < -0.4 is 0 Å². The van der Waals surface area contributed by atoms with Crippen LogP contribution in [0, 0.1) is 6.92 Å². The molecule has 0 unspecified atom stereocenters. The normalized spacial score (nSPS) is 13.0. The van der Waals surface area contributed by atoms with E-state index in [0.29, 0.717) is 12.8 Å². The van der Waals surface area contributed by atoms with Crippen molar-refractivity contribution in [3.05, 3.63) is 65.7 Å². The van der Waals surface area contributed by atoms with Crippen LogP contribution in [0.1, 0.15) is 45.2 Å². The summed E-state index contributed by atoms with van der Waals surface area (Å²) in [6.45, 7) is 8.73. The Balaban J connectivity index is 2.21. The lowest BCUT2D eigenvalue weighted by atomic mass is 10.1. The van der Waals surface area contributed by atoms with E-state index in [1.54, 1.807) is 39.8 Å². The summed E-state index contributed by atoms with van der Waals surface area (Å²) in [6, 6.07) is 15.5. The zero-order valence-corrected chi connectivity index (χ0v) is 18.4. The number of rotatable bonds is 7. The number of hydrogen-bond donors (Lipinski definition) is 0. The molecule has 7 heteroatoms. The second-order valence-electron chi connectivity index (χ2n) is 8.02. The van der Waals surface area contributed by atoms with Crippen LogP contribution in [-0.4, -0.2) is 31.2 Å². The third-order valence-electron chi connectivity index (χ3n) is 4.16. The van der Waals surface area contributed by atoms with E-state index >= 15 is 0 Å². The third-order valence-corrected chi connectivity index (χ3v) is 5.36. The van der Waals surface area contributed by atoms with Crippen molar-refractivity contribution in [1.82, 2.24) is 5.06 Å². The van der Waals surface area contributed by atoms with E-state index in [0.717, 1.165) is 16.2 Å². The molecule has 0 aliphatic carbocycles. The van der Waals surface area contributed by atoms with E-state index in [-0.39, 0.29) is 4.90 Å². The molecule has 0 aliphatic rings. The molecule has 2 rings (SSSR count). The minimum atomic E-state index is -4.18. The highest BCUT2D eigenvalue weighted by molar-refractivity contribution is 7.86. The zero-order chi connectivity index (χ0) is 21.7. The van der Waals surface area contributed by atoms with Crippen molar-refractivity contribution < 1.29 is 22.2 Å². The summed E-state index contributed by atoms with van der Waals surface area (Å²) < 4.78 is 36.1. The number of nitrogens with zero attached hydrogens (tertiary/aromatic N) is 1. The van der Waals surface area contributed by atoms with Crippen molar-refractivity contribution in [2.24, 2.45) is 0 Å². The smallest absolute Gasteiger partial charge is 0.435 e. The van der Waals surface area contributed by atoms with Crippen molar-refractivity contribution in [3.8, 4) is 0 Å². The Kier molecular flexibility index (Phi) is 7.43. The van der Waals surface area contributed by atoms with Gasteiger partial charge in [-0.2, -0.15) is 13.5 Å². The fourth-order valence-corrected chi connectivity index (χ4v) is 3.56. The Morgan fingerprint density at radius 3 is 2.17 bits per heavy atom. The number of benzene rings is 2. The molecule has 0 radical (unpaired) electrons. The lowest BCUT2D eigenvalue weighted by Crippen LogP contribution is -2.43. The predicted molar refractivity (Wildman–Crippen MR) is 112 cm³/mol. The van der Waals surface area contributed by atoms with E-state index in [1.807, 2.05) is 37.3 Å². The lowest BCUT2D eigenvalue weighted by molar-refractivity contribution is -0.0907. The van der Waals surface area contributed by atoms with Crippen LogP contribution >= 0.6 is 0 Å². The Bertz CT molecular complexity index is 902. The molecule has 0 N–H and O–H groups in total. The molecule has 6 nitrogen and oxygen atoms in total. The average Bonchev–Trinajstić information content (AvgIpc) is 2.64. The summed E-state index contributed by atoms with van der Waals surface area (Å²) in [4.78, 5) is 12.7. The van der Waals surface area contributed by atoms with Crippen LogP contribution in [0.25, 0.3) is 0 Å². The minimum Gasteiger partial charge on any atom is -0.442 e. The maximum absolute atomic E-state index is 12.7. The summed E-state index contributed by atoms with van der Waals surface area (Å²) in [7, 11) is -4.18. The van der Waals surface area contributed by atoms with Crippen molar-refractivity contribution in [3.63, 3.8) is 0 Å². The van der Waals surface area contributed by atoms with Crippen LogP contribution in [0.2, 0.25) is 0 Å². The fraction of sp³-hybridized carbons (Fsp3) is 0.409. The van der Waals surface area contributed by atoms with Gasteiger partial charge in [-0.05, 0) is 65.2 Å². The maximum atomic E-state index is 12.7. The molecule has 1 atom stereocenters. The molecule has 0 fully saturated rings. The number of hydrogen-bond acceptors (Lipinski definition) is 5. The molecule has 0 bridgehead atoms. The number of hydroxylamine groups is 2. The topological polar surface area (TPSA) is 72.9 Å². The van der Waals surface area contributed by atoms with Gasteiger partial charge in [-0.25, -0.2) is 4.79 Å². The molecule has 0 saturated heterocycles. The van der Waals surface area contributed by atoms with Crippen molar-refractivity contribution in [2.45, 2.75) is 64.0 Å². The summed E-state index contributed by atoms with van der Waals surface area (Å²) >= 11 is 0. The molecule has 2 aromatic carbocycles. The molecule has 29 heavy (non-hydrogen) atoms.